The Kier molecular flexibility index (Phi) is 7.21. The highest BCUT2D eigenvalue weighted by molar-refractivity contribution is 6.03. The van der Waals surface area contributed by atoms with Crippen molar-refractivity contribution in [2.24, 2.45) is 0 Å². The summed E-state index contributed by atoms with van der Waals surface area (Å²) in [6.45, 7) is 12.3. The minimum atomic E-state index is -1.36. The molecule has 1 N–H and O–H groups in total. The summed E-state index contributed by atoms with van der Waals surface area (Å²) in [4.78, 5) is 28.4. The Hall–Kier alpha value is -3.71. The molecule has 3 aromatic rings. The molecule has 0 unspecified atom stereocenters. The second-order valence-electron chi connectivity index (χ2n) is 11.8. The number of benzene rings is 3. The lowest BCUT2D eigenvalue weighted by Crippen LogP contribution is -2.29. The number of nitrogens with zero attached hydrogens (tertiary/aromatic N) is 1. The maximum absolute atomic E-state index is 15.5. The minimum Gasteiger partial charge on any atom is -0.490 e. The first kappa shape index (κ1) is 27.8. The van der Waals surface area contributed by atoms with Gasteiger partial charge < -0.3 is 19.5 Å². The molecule has 0 aliphatic carbocycles. The van der Waals surface area contributed by atoms with Crippen LogP contribution in [0.3, 0.4) is 0 Å². The third-order valence-electron chi connectivity index (χ3n) is 7.91. The molecule has 0 radical (unpaired) electrons. The molecular formula is C33H36FNO5. The van der Waals surface area contributed by atoms with Crippen LogP contribution >= 0.6 is 0 Å². The van der Waals surface area contributed by atoms with Gasteiger partial charge in [0.25, 0.3) is 5.91 Å². The number of carbonyl (C=O) groups excluding carboxylic acids is 1. The molecule has 2 aliphatic heterocycles. The molecule has 0 aromatic heterocycles. The lowest BCUT2D eigenvalue weighted by atomic mass is 9.80. The highest BCUT2D eigenvalue weighted by atomic mass is 19.1. The second-order valence-corrected chi connectivity index (χ2v) is 11.8. The third-order valence-corrected chi connectivity index (χ3v) is 7.91. The van der Waals surface area contributed by atoms with Crippen molar-refractivity contribution in [1.82, 2.24) is 4.90 Å². The van der Waals surface area contributed by atoms with Crippen molar-refractivity contribution >= 4 is 11.9 Å². The molecule has 0 saturated heterocycles. The van der Waals surface area contributed by atoms with E-state index in [1.54, 1.807) is 32.6 Å². The molecule has 7 heteroatoms. The summed E-state index contributed by atoms with van der Waals surface area (Å²) in [6, 6.07) is 11.2. The topological polar surface area (TPSA) is 76.1 Å². The summed E-state index contributed by atoms with van der Waals surface area (Å²) in [6.07, 6.45) is 0.0957. The summed E-state index contributed by atoms with van der Waals surface area (Å²) in [7, 11) is 0. The number of amides is 1. The van der Waals surface area contributed by atoms with Crippen molar-refractivity contribution in [3.05, 3.63) is 86.7 Å². The Bertz CT molecular complexity index is 1510. The summed E-state index contributed by atoms with van der Waals surface area (Å²) < 4.78 is 27.3. The van der Waals surface area contributed by atoms with Gasteiger partial charge in [-0.1, -0.05) is 30.3 Å². The van der Waals surface area contributed by atoms with Crippen LogP contribution in [0.25, 0.3) is 11.1 Å². The smallest absolute Gasteiger partial charge is 0.337 e. The zero-order valence-electron chi connectivity index (χ0n) is 24.0. The fourth-order valence-corrected chi connectivity index (χ4v) is 6.11. The van der Waals surface area contributed by atoms with Crippen LogP contribution in [0.4, 0.5) is 4.39 Å². The summed E-state index contributed by atoms with van der Waals surface area (Å²) in [5, 5.41) is 10.4. The molecule has 2 aliphatic rings. The predicted molar refractivity (Wildman–Crippen MR) is 151 cm³/mol. The molecule has 0 saturated carbocycles. The average molecular weight is 546 g/mol. The predicted octanol–water partition coefficient (Wildman–Crippen LogP) is 6.84. The normalized spacial score (nSPS) is 15.5. The van der Waals surface area contributed by atoms with Gasteiger partial charge in [0.15, 0.2) is 17.7 Å². The number of rotatable bonds is 6. The first-order chi connectivity index (χ1) is 18.9. The Balaban J connectivity index is 1.77. The largest absolute Gasteiger partial charge is 0.490 e. The maximum atomic E-state index is 15.5. The van der Waals surface area contributed by atoms with E-state index in [0.29, 0.717) is 53.9 Å². The summed E-state index contributed by atoms with van der Waals surface area (Å²) >= 11 is 0. The van der Waals surface area contributed by atoms with Crippen molar-refractivity contribution in [3.63, 3.8) is 0 Å². The minimum absolute atomic E-state index is 0.145. The fourth-order valence-electron chi connectivity index (χ4n) is 6.11. The molecule has 0 spiro atoms. The molecular weight excluding hydrogens is 509 g/mol. The standard InChI is InChI=1S/C33H36FNO5/c1-18-22-13-10-14-39-29(22)25(34)15-23(18)26-19(2)24-17-35(16-21-11-8-7-9-12-21)31(36)27(24)20(3)28(26)30(32(37)38)40-33(4,5)6/h7-9,11-12,15,30H,10,13-14,16-17H2,1-6H3,(H,37,38)/t30-/m0/s1. The first-order valence-electron chi connectivity index (χ1n) is 13.7. The van der Waals surface area contributed by atoms with Crippen LogP contribution < -0.4 is 4.74 Å². The van der Waals surface area contributed by atoms with Gasteiger partial charge in [-0.25, -0.2) is 9.18 Å². The first-order valence-corrected chi connectivity index (χ1v) is 13.7. The number of hydrogen-bond donors (Lipinski definition) is 1. The third kappa shape index (κ3) is 4.87. The van der Waals surface area contributed by atoms with Gasteiger partial charge >= 0.3 is 5.97 Å². The molecule has 210 valence electrons. The van der Waals surface area contributed by atoms with Gasteiger partial charge in [-0.15, -0.1) is 0 Å². The van der Waals surface area contributed by atoms with Crippen molar-refractivity contribution in [2.45, 2.75) is 79.2 Å². The Morgan fingerprint density at radius 1 is 1.07 bits per heavy atom. The molecule has 0 bridgehead atoms. The van der Waals surface area contributed by atoms with E-state index in [4.69, 9.17) is 9.47 Å². The molecule has 0 fully saturated rings. The molecule has 2 heterocycles. The SMILES string of the molecule is Cc1c(-c2c(C)c3c(c(C)c2[C@H](OC(C)(C)C)C(=O)O)C(=O)N(Cc2ccccc2)C3)cc(F)c2c1CCCO2. The molecule has 1 atom stereocenters. The molecule has 5 rings (SSSR count). The van der Waals surface area contributed by atoms with Crippen molar-refractivity contribution in [2.75, 3.05) is 6.61 Å². The Morgan fingerprint density at radius 2 is 1.77 bits per heavy atom. The zero-order valence-corrected chi connectivity index (χ0v) is 24.0. The van der Waals surface area contributed by atoms with Gasteiger partial charge in [-0.05, 0) is 99.4 Å². The highest BCUT2D eigenvalue weighted by Gasteiger charge is 2.39. The molecule has 3 aromatic carbocycles. The zero-order chi connectivity index (χ0) is 28.9. The van der Waals surface area contributed by atoms with E-state index in [0.717, 1.165) is 34.2 Å². The number of carboxylic acids is 1. The van der Waals surface area contributed by atoms with Crippen LogP contribution in [-0.4, -0.2) is 34.1 Å². The van der Waals surface area contributed by atoms with Gasteiger partial charge in [-0.3, -0.25) is 4.79 Å². The van der Waals surface area contributed by atoms with Crippen LogP contribution in [0.15, 0.2) is 36.4 Å². The van der Waals surface area contributed by atoms with E-state index in [1.165, 1.54) is 6.07 Å². The van der Waals surface area contributed by atoms with E-state index < -0.39 is 23.5 Å². The van der Waals surface area contributed by atoms with E-state index in [2.05, 4.69) is 0 Å². The molecule has 1 amide bonds. The average Bonchev–Trinajstić information content (AvgIpc) is 3.23. The van der Waals surface area contributed by atoms with E-state index >= 15 is 4.39 Å². The molecule has 6 nitrogen and oxygen atoms in total. The number of halogens is 1. The lowest BCUT2D eigenvalue weighted by molar-refractivity contribution is -0.160. The van der Waals surface area contributed by atoms with Gasteiger partial charge in [-0.2, -0.15) is 0 Å². The lowest BCUT2D eigenvalue weighted by Gasteiger charge is -2.30. The Morgan fingerprint density at radius 3 is 2.42 bits per heavy atom. The number of carboxylic acid groups (broad SMARTS) is 1. The van der Waals surface area contributed by atoms with Crippen LogP contribution in [0.5, 0.6) is 5.75 Å². The van der Waals surface area contributed by atoms with Gasteiger partial charge in [0.05, 0.1) is 12.2 Å². The summed E-state index contributed by atoms with van der Waals surface area (Å²) in [5.41, 5.74) is 6.17. The van der Waals surface area contributed by atoms with Crippen LogP contribution in [0, 0.1) is 26.6 Å². The number of hydrogen-bond acceptors (Lipinski definition) is 4. The van der Waals surface area contributed by atoms with Crippen LogP contribution in [-0.2, 0) is 29.0 Å². The van der Waals surface area contributed by atoms with Crippen molar-refractivity contribution in [1.29, 1.82) is 0 Å². The van der Waals surface area contributed by atoms with Gasteiger partial charge in [0, 0.05) is 29.8 Å². The van der Waals surface area contributed by atoms with E-state index in [9.17, 15) is 14.7 Å². The van der Waals surface area contributed by atoms with Gasteiger partial charge in [0.2, 0.25) is 0 Å². The molecule has 40 heavy (non-hydrogen) atoms. The number of fused-ring (bicyclic) bond motifs is 2. The number of carbonyl (C=O) groups is 2. The van der Waals surface area contributed by atoms with E-state index in [1.807, 2.05) is 44.2 Å². The van der Waals surface area contributed by atoms with Crippen LogP contribution in [0.1, 0.15) is 82.6 Å². The van der Waals surface area contributed by atoms with Crippen LogP contribution in [0.2, 0.25) is 0 Å². The Labute approximate surface area is 234 Å². The van der Waals surface area contributed by atoms with Crippen molar-refractivity contribution in [3.8, 4) is 16.9 Å². The fraction of sp³-hybridized carbons (Fsp3) is 0.394. The summed E-state index contributed by atoms with van der Waals surface area (Å²) in [5.74, 6) is -1.50. The quantitative estimate of drug-likeness (QED) is 0.367. The highest BCUT2D eigenvalue weighted by Crippen LogP contribution is 2.47. The van der Waals surface area contributed by atoms with Crippen molar-refractivity contribution < 1.29 is 28.6 Å². The van der Waals surface area contributed by atoms with E-state index in [-0.39, 0.29) is 11.7 Å². The number of aliphatic carboxylic acids is 1. The second kappa shape index (κ2) is 10.4. The number of ether oxygens (including phenoxy) is 2. The monoisotopic (exact) mass is 545 g/mol. The van der Waals surface area contributed by atoms with Gasteiger partial charge in [0.1, 0.15) is 0 Å². The maximum Gasteiger partial charge on any atom is 0.337 e.